The summed E-state index contributed by atoms with van der Waals surface area (Å²) in [4.78, 5) is 13.0. The van der Waals surface area contributed by atoms with Crippen molar-refractivity contribution < 1.29 is 4.79 Å². The number of amides is 1. The van der Waals surface area contributed by atoms with Crippen LogP contribution in [0.2, 0.25) is 0 Å². The molecular weight excluding hydrogens is 176 g/mol. The molecular formula is C11H22N2O. The van der Waals surface area contributed by atoms with E-state index in [0.717, 1.165) is 5.92 Å². The first-order chi connectivity index (χ1) is 6.49. The molecule has 1 aliphatic carbocycles. The van der Waals surface area contributed by atoms with Gasteiger partial charge in [-0.1, -0.05) is 6.92 Å². The Labute approximate surface area is 86.9 Å². The van der Waals surface area contributed by atoms with Gasteiger partial charge in [-0.05, 0) is 25.7 Å². The van der Waals surface area contributed by atoms with Crippen LogP contribution in [0.4, 0.5) is 0 Å². The van der Waals surface area contributed by atoms with E-state index in [9.17, 15) is 4.79 Å². The summed E-state index contributed by atoms with van der Waals surface area (Å²) in [5, 5.41) is 3.49. The van der Waals surface area contributed by atoms with Crippen molar-refractivity contribution in [3.05, 3.63) is 0 Å². The highest BCUT2D eigenvalue weighted by molar-refractivity contribution is 5.76. The molecule has 0 spiro atoms. The summed E-state index contributed by atoms with van der Waals surface area (Å²) in [5.41, 5.74) is 0. The Hall–Kier alpha value is -0.570. The monoisotopic (exact) mass is 198 g/mol. The van der Waals surface area contributed by atoms with Gasteiger partial charge in [-0.15, -0.1) is 0 Å². The third-order valence-corrected chi connectivity index (χ3v) is 2.87. The van der Waals surface area contributed by atoms with E-state index >= 15 is 0 Å². The molecule has 3 nitrogen and oxygen atoms in total. The zero-order chi connectivity index (χ0) is 10.7. The quantitative estimate of drug-likeness (QED) is 0.737. The lowest BCUT2D eigenvalue weighted by atomic mass is 9.81. The molecule has 1 rings (SSSR count). The molecule has 0 aliphatic heterocycles. The topological polar surface area (TPSA) is 32.3 Å². The lowest BCUT2D eigenvalue weighted by Crippen LogP contribution is -2.46. The SMILES string of the molecule is CC1CC(NC(C)CC(=O)N(C)C)C1. The molecule has 0 saturated heterocycles. The fourth-order valence-corrected chi connectivity index (χ4v) is 1.94. The fraction of sp³-hybridized carbons (Fsp3) is 0.909. The van der Waals surface area contributed by atoms with Crippen molar-refractivity contribution in [1.29, 1.82) is 0 Å². The van der Waals surface area contributed by atoms with Crippen molar-refractivity contribution in [2.75, 3.05) is 14.1 Å². The maximum absolute atomic E-state index is 11.4. The van der Waals surface area contributed by atoms with E-state index in [4.69, 9.17) is 0 Å². The summed E-state index contributed by atoms with van der Waals surface area (Å²) >= 11 is 0. The van der Waals surface area contributed by atoms with Crippen molar-refractivity contribution in [1.82, 2.24) is 10.2 Å². The van der Waals surface area contributed by atoms with Crippen molar-refractivity contribution in [2.24, 2.45) is 5.92 Å². The van der Waals surface area contributed by atoms with Crippen LogP contribution in [-0.4, -0.2) is 37.0 Å². The highest BCUT2D eigenvalue weighted by Gasteiger charge is 2.26. The molecule has 1 atom stereocenters. The average molecular weight is 198 g/mol. The van der Waals surface area contributed by atoms with Crippen molar-refractivity contribution in [3.8, 4) is 0 Å². The van der Waals surface area contributed by atoms with Gasteiger partial charge in [0.05, 0.1) is 0 Å². The fourth-order valence-electron chi connectivity index (χ4n) is 1.94. The standard InChI is InChI=1S/C11H22N2O/c1-8-5-10(6-8)12-9(2)7-11(14)13(3)4/h8-10,12H,5-7H2,1-4H3. The van der Waals surface area contributed by atoms with Gasteiger partial charge in [-0.2, -0.15) is 0 Å². The van der Waals surface area contributed by atoms with Gasteiger partial charge in [-0.25, -0.2) is 0 Å². The van der Waals surface area contributed by atoms with Crippen molar-refractivity contribution in [3.63, 3.8) is 0 Å². The van der Waals surface area contributed by atoms with Crippen LogP contribution in [-0.2, 0) is 4.79 Å². The maximum Gasteiger partial charge on any atom is 0.223 e. The Balaban J connectivity index is 2.16. The van der Waals surface area contributed by atoms with Crippen molar-refractivity contribution in [2.45, 2.75) is 45.2 Å². The molecule has 0 heterocycles. The van der Waals surface area contributed by atoms with E-state index in [0.29, 0.717) is 18.5 Å². The minimum atomic E-state index is 0.206. The maximum atomic E-state index is 11.4. The summed E-state index contributed by atoms with van der Waals surface area (Å²) in [6.07, 6.45) is 3.14. The first-order valence-electron chi connectivity index (χ1n) is 5.45. The molecule has 14 heavy (non-hydrogen) atoms. The van der Waals surface area contributed by atoms with Crippen LogP contribution in [0.15, 0.2) is 0 Å². The molecule has 1 amide bonds. The Morgan fingerprint density at radius 3 is 2.50 bits per heavy atom. The molecule has 0 aromatic heterocycles. The van der Waals surface area contributed by atoms with Gasteiger partial charge < -0.3 is 10.2 Å². The molecule has 0 bridgehead atoms. The number of hydrogen-bond donors (Lipinski definition) is 1. The Kier molecular flexibility index (Phi) is 3.93. The van der Waals surface area contributed by atoms with Gasteiger partial charge in [0.1, 0.15) is 0 Å². The van der Waals surface area contributed by atoms with Gasteiger partial charge in [0.25, 0.3) is 0 Å². The summed E-state index contributed by atoms with van der Waals surface area (Å²) in [6.45, 7) is 4.36. The van der Waals surface area contributed by atoms with Crippen LogP contribution < -0.4 is 5.32 Å². The number of carbonyl (C=O) groups is 1. The molecule has 3 heteroatoms. The summed E-state index contributed by atoms with van der Waals surface area (Å²) in [5.74, 6) is 1.07. The molecule has 0 radical (unpaired) electrons. The van der Waals surface area contributed by atoms with E-state index < -0.39 is 0 Å². The second kappa shape index (κ2) is 4.78. The predicted octanol–water partition coefficient (Wildman–Crippen LogP) is 1.24. The molecule has 1 fully saturated rings. The second-order valence-corrected chi connectivity index (χ2v) is 4.83. The Morgan fingerprint density at radius 2 is 2.07 bits per heavy atom. The molecule has 1 saturated carbocycles. The molecule has 1 aliphatic rings. The third-order valence-electron chi connectivity index (χ3n) is 2.87. The van der Waals surface area contributed by atoms with Gasteiger partial charge in [-0.3, -0.25) is 4.79 Å². The van der Waals surface area contributed by atoms with Gasteiger partial charge in [0, 0.05) is 32.6 Å². The van der Waals surface area contributed by atoms with Crippen LogP contribution in [0, 0.1) is 5.92 Å². The van der Waals surface area contributed by atoms with E-state index in [1.165, 1.54) is 12.8 Å². The Bertz CT molecular complexity index is 197. The normalized spacial score (nSPS) is 28.0. The molecule has 82 valence electrons. The average Bonchev–Trinajstić information content (AvgIpc) is 2.01. The first kappa shape index (κ1) is 11.5. The minimum Gasteiger partial charge on any atom is -0.349 e. The second-order valence-electron chi connectivity index (χ2n) is 4.83. The predicted molar refractivity (Wildman–Crippen MR) is 58.1 cm³/mol. The number of rotatable bonds is 4. The lowest BCUT2D eigenvalue weighted by Gasteiger charge is -2.35. The molecule has 0 aromatic rings. The minimum absolute atomic E-state index is 0.206. The summed E-state index contributed by atoms with van der Waals surface area (Å²) in [7, 11) is 3.61. The summed E-state index contributed by atoms with van der Waals surface area (Å²) in [6, 6.07) is 0.956. The lowest BCUT2D eigenvalue weighted by molar-refractivity contribution is -0.129. The van der Waals surface area contributed by atoms with E-state index in [-0.39, 0.29) is 5.91 Å². The zero-order valence-corrected chi connectivity index (χ0v) is 9.71. The Morgan fingerprint density at radius 1 is 1.50 bits per heavy atom. The van der Waals surface area contributed by atoms with Gasteiger partial charge in [0.2, 0.25) is 5.91 Å². The van der Waals surface area contributed by atoms with E-state index in [2.05, 4.69) is 19.2 Å². The van der Waals surface area contributed by atoms with Crippen LogP contribution >= 0.6 is 0 Å². The number of hydrogen-bond acceptors (Lipinski definition) is 2. The first-order valence-corrected chi connectivity index (χ1v) is 5.45. The molecule has 0 aromatic carbocycles. The number of nitrogens with one attached hydrogen (secondary N) is 1. The smallest absolute Gasteiger partial charge is 0.223 e. The third kappa shape index (κ3) is 3.29. The zero-order valence-electron chi connectivity index (χ0n) is 9.71. The number of carbonyl (C=O) groups excluding carboxylic acids is 1. The van der Waals surface area contributed by atoms with Crippen molar-refractivity contribution >= 4 is 5.91 Å². The van der Waals surface area contributed by atoms with E-state index in [1.54, 1.807) is 19.0 Å². The largest absolute Gasteiger partial charge is 0.349 e. The van der Waals surface area contributed by atoms with Gasteiger partial charge >= 0.3 is 0 Å². The highest BCUT2D eigenvalue weighted by Crippen LogP contribution is 2.26. The molecule has 1 N–H and O–H groups in total. The van der Waals surface area contributed by atoms with Gasteiger partial charge in [0.15, 0.2) is 0 Å². The van der Waals surface area contributed by atoms with E-state index in [1.807, 2.05) is 0 Å². The highest BCUT2D eigenvalue weighted by atomic mass is 16.2. The van der Waals surface area contributed by atoms with Crippen LogP contribution in [0.3, 0.4) is 0 Å². The molecule has 1 unspecified atom stereocenters. The summed E-state index contributed by atoms with van der Waals surface area (Å²) < 4.78 is 0. The number of nitrogens with zero attached hydrogens (tertiary/aromatic N) is 1. The van der Waals surface area contributed by atoms with Crippen LogP contribution in [0.5, 0.6) is 0 Å². The van der Waals surface area contributed by atoms with Crippen LogP contribution in [0.1, 0.15) is 33.1 Å². The van der Waals surface area contributed by atoms with Crippen LogP contribution in [0.25, 0.3) is 0 Å².